The van der Waals surface area contributed by atoms with Gasteiger partial charge >= 0.3 is 0 Å². The maximum absolute atomic E-state index is 13.8. The van der Waals surface area contributed by atoms with Crippen molar-refractivity contribution >= 4 is 39.4 Å². The first-order chi connectivity index (χ1) is 16.9. The number of halogens is 1. The molecule has 10 heteroatoms. The number of anilines is 3. The zero-order chi connectivity index (χ0) is 25.1. The normalized spacial score (nSPS) is 17.7. The van der Waals surface area contributed by atoms with Crippen LogP contribution in [0.25, 0.3) is 11.4 Å². The van der Waals surface area contributed by atoms with Gasteiger partial charge in [0.25, 0.3) is 5.56 Å². The van der Waals surface area contributed by atoms with E-state index in [1.165, 1.54) is 0 Å². The van der Waals surface area contributed by atoms with Gasteiger partial charge in [-0.05, 0) is 38.5 Å². The second-order valence-electron chi connectivity index (χ2n) is 8.68. The van der Waals surface area contributed by atoms with Crippen LogP contribution in [0.5, 0.6) is 0 Å². The molecule has 2 aromatic heterocycles. The van der Waals surface area contributed by atoms with Crippen LogP contribution in [0.4, 0.5) is 16.5 Å². The molecule has 0 radical (unpaired) electrons. The zero-order valence-electron chi connectivity index (χ0n) is 20.9. The van der Waals surface area contributed by atoms with Gasteiger partial charge in [0.1, 0.15) is 11.5 Å². The van der Waals surface area contributed by atoms with Crippen LogP contribution in [0.3, 0.4) is 0 Å². The standard InChI is InChI=1S/C25H33ClN6O2S/c1-6-19-22(28-20-14-31(15-21(20)34-8-3)25-27-11-12-35-25)24(33)32(7-2)23(29-19)17-10-9-16(30(4)5)13-18(17)26/h9-13,20-21,28H,6-8,14-15H2,1-5H3. The first-order valence-corrected chi connectivity index (χ1v) is 13.3. The third-order valence-electron chi connectivity index (χ3n) is 6.27. The highest BCUT2D eigenvalue weighted by Crippen LogP contribution is 2.31. The number of aromatic nitrogens is 3. The molecule has 2 atom stereocenters. The molecule has 3 heterocycles. The van der Waals surface area contributed by atoms with E-state index < -0.39 is 0 Å². The summed E-state index contributed by atoms with van der Waals surface area (Å²) >= 11 is 8.26. The van der Waals surface area contributed by atoms with Gasteiger partial charge in [-0.15, -0.1) is 11.3 Å². The van der Waals surface area contributed by atoms with Gasteiger partial charge in [-0.2, -0.15) is 0 Å². The Labute approximate surface area is 215 Å². The second kappa shape index (κ2) is 11.0. The molecule has 35 heavy (non-hydrogen) atoms. The lowest BCUT2D eigenvalue weighted by Gasteiger charge is -2.23. The molecule has 1 fully saturated rings. The van der Waals surface area contributed by atoms with Crippen molar-refractivity contribution in [3.63, 3.8) is 0 Å². The highest BCUT2D eigenvalue weighted by Gasteiger charge is 2.35. The summed E-state index contributed by atoms with van der Waals surface area (Å²) in [5.41, 5.74) is 2.91. The lowest BCUT2D eigenvalue weighted by molar-refractivity contribution is 0.0720. The maximum Gasteiger partial charge on any atom is 0.277 e. The molecule has 1 saturated heterocycles. The molecule has 1 aromatic carbocycles. The monoisotopic (exact) mass is 516 g/mol. The van der Waals surface area contributed by atoms with E-state index in [4.69, 9.17) is 21.3 Å². The van der Waals surface area contributed by atoms with Gasteiger partial charge < -0.3 is 19.9 Å². The van der Waals surface area contributed by atoms with Gasteiger partial charge in [-0.3, -0.25) is 9.36 Å². The minimum atomic E-state index is -0.0925. The second-order valence-corrected chi connectivity index (χ2v) is 9.96. The van der Waals surface area contributed by atoms with Gasteiger partial charge in [0.15, 0.2) is 5.13 Å². The summed E-state index contributed by atoms with van der Waals surface area (Å²) in [6.07, 6.45) is 2.37. The highest BCUT2D eigenvalue weighted by atomic mass is 35.5. The summed E-state index contributed by atoms with van der Waals surface area (Å²) < 4.78 is 7.74. The predicted octanol–water partition coefficient (Wildman–Crippen LogP) is 4.37. The van der Waals surface area contributed by atoms with E-state index >= 15 is 0 Å². The summed E-state index contributed by atoms with van der Waals surface area (Å²) in [7, 11) is 3.94. The van der Waals surface area contributed by atoms with Crippen molar-refractivity contribution in [2.24, 2.45) is 0 Å². The van der Waals surface area contributed by atoms with Crippen LogP contribution in [0.2, 0.25) is 5.02 Å². The van der Waals surface area contributed by atoms with Crippen molar-refractivity contribution in [1.29, 1.82) is 0 Å². The molecule has 1 N–H and O–H groups in total. The van der Waals surface area contributed by atoms with Crippen molar-refractivity contribution in [2.75, 3.05) is 48.9 Å². The summed E-state index contributed by atoms with van der Waals surface area (Å²) in [6, 6.07) is 5.77. The topological polar surface area (TPSA) is 75.5 Å². The third kappa shape index (κ3) is 5.17. The zero-order valence-corrected chi connectivity index (χ0v) is 22.5. The van der Waals surface area contributed by atoms with E-state index in [2.05, 4.69) is 15.2 Å². The van der Waals surface area contributed by atoms with E-state index in [0.717, 1.165) is 28.6 Å². The van der Waals surface area contributed by atoms with Gasteiger partial charge in [-0.1, -0.05) is 18.5 Å². The van der Waals surface area contributed by atoms with Crippen molar-refractivity contribution in [3.05, 3.63) is 50.8 Å². The molecule has 8 nitrogen and oxygen atoms in total. The number of rotatable bonds is 9. The molecular formula is C25H33ClN6O2S. The average Bonchev–Trinajstić information content (AvgIpc) is 3.51. The molecule has 2 unspecified atom stereocenters. The molecule has 0 amide bonds. The first-order valence-electron chi connectivity index (χ1n) is 12.0. The minimum Gasteiger partial charge on any atom is -0.378 e. The summed E-state index contributed by atoms with van der Waals surface area (Å²) in [5.74, 6) is 0.590. The Balaban J connectivity index is 1.72. The van der Waals surface area contributed by atoms with E-state index in [1.807, 2.05) is 69.5 Å². The SMILES string of the molecule is CCOC1CN(c2nccs2)CC1Nc1c(CC)nc(-c2ccc(N(C)C)cc2Cl)n(CC)c1=O. The Hall–Kier alpha value is -2.62. The fourth-order valence-corrected chi connectivity index (χ4v) is 5.39. The molecule has 1 aliphatic rings. The lowest BCUT2D eigenvalue weighted by Crippen LogP contribution is -2.38. The van der Waals surface area contributed by atoms with E-state index in [0.29, 0.717) is 42.7 Å². The number of ether oxygens (including phenoxy) is 1. The number of aryl methyl sites for hydroxylation is 1. The molecule has 0 bridgehead atoms. The molecule has 0 spiro atoms. The van der Waals surface area contributed by atoms with Crippen LogP contribution < -0.4 is 20.7 Å². The van der Waals surface area contributed by atoms with Gasteiger partial charge in [-0.25, -0.2) is 9.97 Å². The summed E-state index contributed by atoms with van der Waals surface area (Å²) in [5, 5.41) is 7.03. The minimum absolute atomic E-state index is 0.0576. The molecule has 1 aliphatic heterocycles. The van der Waals surface area contributed by atoms with Crippen LogP contribution in [-0.2, 0) is 17.7 Å². The quantitative estimate of drug-likeness (QED) is 0.452. The average molecular weight is 517 g/mol. The molecular weight excluding hydrogens is 484 g/mol. The maximum atomic E-state index is 13.8. The van der Waals surface area contributed by atoms with Crippen LogP contribution in [0, 0.1) is 0 Å². The number of nitrogens with one attached hydrogen (secondary N) is 1. The van der Waals surface area contributed by atoms with Gasteiger partial charge in [0.2, 0.25) is 0 Å². The number of hydrogen-bond donors (Lipinski definition) is 1. The fourth-order valence-electron chi connectivity index (χ4n) is 4.47. The van der Waals surface area contributed by atoms with E-state index in [-0.39, 0.29) is 17.7 Å². The van der Waals surface area contributed by atoms with Crippen molar-refractivity contribution in [3.8, 4) is 11.4 Å². The lowest BCUT2D eigenvalue weighted by atomic mass is 10.1. The largest absolute Gasteiger partial charge is 0.378 e. The Bertz CT molecular complexity index is 1210. The van der Waals surface area contributed by atoms with Crippen LogP contribution in [0.15, 0.2) is 34.6 Å². The Morgan fingerprint density at radius 3 is 2.66 bits per heavy atom. The first kappa shape index (κ1) is 25.5. The van der Waals surface area contributed by atoms with E-state index in [1.54, 1.807) is 15.9 Å². The van der Waals surface area contributed by atoms with Crippen molar-refractivity contribution in [1.82, 2.24) is 14.5 Å². The molecule has 188 valence electrons. The third-order valence-corrected chi connectivity index (χ3v) is 7.42. The molecule has 0 saturated carbocycles. The Morgan fingerprint density at radius 2 is 2.06 bits per heavy atom. The summed E-state index contributed by atoms with van der Waals surface area (Å²) in [6.45, 7) is 8.47. The highest BCUT2D eigenvalue weighted by molar-refractivity contribution is 7.13. The number of hydrogen-bond acceptors (Lipinski definition) is 8. The van der Waals surface area contributed by atoms with Crippen LogP contribution in [0.1, 0.15) is 26.5 Å². The smallest absolute Gasteiger partial charge is 0.277 e. The van der Waals surface area contributed by atoms with Gasteiger partial charge in [0, 0.05) is 63.2 Å². The number of thiazole rings is 1. The van der Waals surface area contributed by atoms with Gasteiger partial charge in [0.05, 0.1) is 22.9 Å². The molecule has 0 aliphatic carbocycles. The van der Waals surface area contributed by atoms with Crippen molar-refractivity contribution < 1.29 is 4.74 Å². The Kier molecular flexibility index (Phi) is 7.98. The predicted molar refractivity (Wildman–Crippen MR) is 145 cm³/mol. The van der Waals surface area contributed by atoms with Crippen molar-refractivity contribution in [2.45, 2.75) is 45.9 Å². The summed E-state index contributed by atoms with van der Waals surface area (Å²) in [4.78, 5) is 27.4. The fraction of sp³-hybridized carbons (Fsp3) is 0.480. The van der Waals surface area contributed by atoms with Crippen LogP contribution >= 0.6 is 22.9 Å². The number of benzene rings is 1. The Morgan fingerprint density at radius 1 is 1.26 bits per heavy atom. The van der Waals surface area contributed by atoms with E-state index in [9.17, 15) is 4.79 Å². The van der Waals surface area contributed by atoms with Crippen LogP contribution in [-0.4, -0.2) is 60.5 Å². The molecule has 3 aromatic rings. The molecule has 4 rings (SSSR count). The number of nitrogens with zero attached hydrogens (tertiary/aromatic N) is 5.